The summed E-state index contributed by atoms with van der Waals surface area (Å²) in [5.41, 5.74) is 0. The van der Waals surface area contributed by atoms with Gasteiger partial charge in [0, 0.05) is 37.6 Å². The molecule has 0 radical (unpaired) electrons. The van der Waals surface area contributed by atoms with Gasteiger partial charge in [-0.2, -0.15) is 11.8 Å². The molecule has 2 amide bonds. The number of amides is 2. The van der Waals surface area contributed by atoms with Gasteiger partial charge in [0.05, 0.1) is 6.61 Å². The maximum absolute atomic E-state index is 11.8. The molecule has 0 atom stereocenters. The Labute approximate surface area is 119 Å². The molecule has 1 aliphatic rings. The van der Waals surface area contributed by atoms with Crippen LogP contribution in [0.4, 0.5) is 4.79 Å². The topological polar surface area (TPSA) is 58.6 Å². The first-order chi connectivity index (χ1) is 9.24. The molecule has 1 rings (SSSR count). The molecule has 1 N–H and O–H groups in total. The lowest BCUT2D eigenvalue weighted by Gasteiger charge is -2.26. The molecule has 6 heteroatoms. The zero-order chi connectivity index (χ0) is 13.9. The highest BCUT2D eigenvalue weighted by molar-refractivity contribution is 7.99. The summed E-state index contributed by atoms with van der Waals surface area (Å²) < 4.78 is 4.85. The van der Waals surface area contributed by atoms with Crippen molar-refractivity contribution in [3.63, 3.8) is 0 Å². The second kappa shape index (κ2) is 9.95. The number of hydrogen-bond donors (Lipinski definition) is 1. The Balaban J connectivity index is 1.95. The van der Waals surface area contributed by atoms with Gasteiger partial charge in [-0.25, -0.2) is 4.79 Å². The molecule has 0 bridgehead atoms. The van der Waals surface area contributed by atoms with E-state index in [1.807, 2.05) is 23.6 Å². The monoisotopic (exact) mass is 288 g/mol. The number of carbonyl (C=O) groups excluding carboxylic acids is 2. The van der Waals surface area contributed by atoms with Gasteiger partial charge in [0.2, 0.25) is 0 Å². The van der Waals surface area contributed by atoms with Gasteiger partial charge in [-0.1, -0.05) is 6.42 Å². The molecule has 1 fully saturated rings. The van der Waals surface area contributed by atoms with Crippen molar-refractivity contribution in [2.75, 3.05) is 37.7 Å². The smallest absolute Gasteiger partial charge is 0.317 e. The van der Waals surface area contributed by atoms with Crippen molar-refractivity contribution in [1.82, 2.24) is 10.2 Å². The van der Waals surface area contributed by atoms with E-state index in [1.54, 1.807) is 0 Å². The van der Waals surface area contributed by atoms with E-state index in [0.29, 0.717) is 19.6 Å². The highest BCUT2D eigenvalue weighted by atomic mass is 32.2. The highest BCUT2D eigenvalue weighted by Gasteiger charge is 2.15. The average molecular weight is 288 g/mol. The number of carbonyl (C=O) groups is 2. The summed E-state index contributed by atoms with van der Waals surface area (Å²) in [5, 5.41) is 2.93. The van der Waals surface area contributed by atoms with E-state index < -0.39 is 0 Å². The minimum absolute atomic E-state index is 0.0469. The standard InChI is InChI=1S/C13H24N2O3S/c1-2-18-12(16)6-4-3-5-7-14-13(17)15-8-10-19-11-9-15/h2-11H2,1H3,(H,14,17). The third kappa shape index (κ3) is 7.30. The van der Waals surface area contributed by atoms with Crippen LogP contribution in [0.25, 0.3) is 0 Å². The van der Waals surface area contributed by atoms with Crippen LogP contribution in [-0.2, 0) is 9.53 Å². The second-order valence-electron chi connectivity index (χ2n) is 4.45. The number of urea groups is 1. The lowest BCUT2D eigenvalue weighted by Crippen LogP contribution is -2.44. The van der Waals surface area contributed by atoms with Gasteiger partial charge in [-0.05, 0) is 19.8 Å². The molecular weight excluding hydrogens is 264 g/mol. The molecule has 0 spiro atoms. The van der Waals surface area contributed by atoms with Crippen LogP contribution in [0.15, 0.2) is 0 Å². The molecule has 1 aliphatic heterocycles. The Hall–Kier alpha value is -0.910. The van der Waals surface area contributed by atoms with Gasteiger partial charge in [-0.3, -0.25) is 4.79 Å². The van der Waals surface area contributed by atoms with E-state index in [4.69, 9.17) is 4.74 Å². The van der Waals surface area contributed by atoms with Crippen LogP contribution >= 0.6 is 11.8 Å². The minimum atomic E-state index is -0.127. The summed E-state index contributed by atoms with van der Waals surface area (Å²) >= 11 is 1.89. The molecule has 1 heterocycles. The SMILES string of the molecule is CCOC(=O)CCCCCNC(=O)N1CCSCC1. The Kier molecular flexibility index (Phi) is 8.45. The second-order valence-corrected chi connectivity index (χ2v) is 5.67. The van der Waals surface area contributed by atoms with Gasteiger partial charge in [0.15, 0.2) is 0 Å². The molecule has 0 unspecified atom stereocenters. The van der Waals surface area contributed by atoms with Crippen molar-refractivity contribution >= 4 is 23.8 Å². The van der Waals surface area contributed by atoms with E-state index in [9.17, 15) is 9.59 Å². The zero-order valence-electron chi connectivity index (χ0n) is 11.7. The van der Waals surface area contributed by atoms with E-state index in [1.165, 1.54) is 0 Å². The Morgan fingerprint density at radius 2 is 1.95 bits per heavy atom. The molecule has 0 saturated carbocycles. The van der Waals surface area contributed by atoms with Crippen LogP contribution < -0.4 is 5.32 Å². The van der Waals surface area contributed by atoms with Gasteiger partial charge in [0.25, 0.3) is 0 Å². The van der Waals surface area contributed by atoms with Crippen LogP contribution in [0.2, 0.25) is 0 Å². The number of nitrogens with zero attached hydrogens (tertiary/aromatic N) is 1. The average Bonchev–Trinajstić information content (AvgIpc) is 2.43. The maximum Gasteiger partial charge on any atom is 0.317 e. The van der Waals surface area contributed by atoms with Gasteiger partial charge in [-0.15, -0.1) is 0 Å². The van der Waals surface area contributed by atoms with Crippen molar-refractivity contribution in [1.29, 1.82) is 0 Å². The zero-order valence-corrected chi connectivity index (χ0v) is 12.5. The first-order valence-electron chi connectivity index (χ1n) is 7.00. The molecule has 5 nitrogen and oxygen atoms in total. The summed E-state index contributed by atoms with van der Waals surface area (Å²) in [5.74, 6) is 1.94. The highest BCUT2D eigenvalue weighted by Crippen LogP contribution is 2.09. The Bertz CT molecular complexity index is 281. The van der Waals surface area contributed by atoms with E-state index in [-0.39, 0.29) is 12.0 Å². The molecule has 0 aromatic carbocycles. The largest absolute Gasteiger partial charge is 0.466 e. The fraction of sp³-hybridized carbons (Fsp3) is 0.846. The molecule has 110 valence electrons. The summed E-state index contributed by atoms with van der Waals surface area (Å²) in [6.45, 7) is 4.64. The van der Waals surface area contributed by atoms with Crippen molar-refractivity contribution in [2.24, 2.45) is 0 Å². The summed E-state index contributed by atoms with van der Waals surface area (Å²) in [4.78, 5) is 24.7. The molecule has 0 aliphatic carbocycles. The van der Waals surface area contributed by atoms with Crippen LogP contribution in [-0.4, -0.2) is 54.6 Å². The number of hydrogen-bond acceptors (Lipinski definition) is 4. The lowest BCUT2D eigenvalue weighted by molar-refractivity contribution is -0.143. The fourth-order valence-corrected chi connectivity index (χ4v) is 2.78. The van der Waals surface area contributed by atoms with E-state index >= 15 is 0 Å². The number of thioether (sulfide) groups is 1. The first kappa shape index (κ1) is 16.1. The fourth-order valence-electron chi connectivity index (χ4n) is 1.88. The third-order valence-corrected chi connectivity index (χ3v) is 3.88. The summed E-state index contributed by atoms with van der Waals surface area (Å²) in [6.07, 6.45) is 3.16. The minimum Gasteiger partial charge on any atom is -0.466 e. The van der Waals surface area contributed by atoms with Crippen molar-refractivity contribution in [2.45, 2.75) is 32.6 Å². The van der Waals surface area contributed by atoms with E-state index in [0.717, 1.165) is 43.9 Å². The Morgan fingerprint density at radius 1 is 1.21 bits per heavy atom. The molecule has 1 saturated heterocycles. The predicted molar refractivity (Wildman–Crippen MR) is 77.4 cm³/mol. The number of ether oxygens (including phenoxy) is 1. The number of nitrogens with one attached hydrogen (secondary N) is 1. The molecular formula is C13H24N2O3S. The van der Waals surface area contributed by atoms with Gasteiger partial charge >= 0.3 is 12.0 Å². The molecule has 19 heavy (non-hydrogen) atoms. The van der Waals surface area contributed by atoms with Crippen molar-refractivity contribution in [3.05, 3.63) is 0 Å². The number of rotatable bonds is 7. The molecule has 0 aromatic heterocycles. The quantitative estimate of drug-likeness (QED) is 0.574. The van der Waals surface area contributed by atoms with Crippen LogP contribution in [0, 0.1) is 0 Å². The maximum atomic E-state index is 11.8. The van der Waals surface area contributed by atoms with Crippen LogP contribution in [0.1, 0.15) is 32.6 Å². The van der Waals surface area contributed by atoms with Crippen molar-refractivity contribution < 1.29 is 14.3 Å². The number of esters is 1. The third-order valence-electron chi connectivity index (χ3n) is 2.94. The van der Waals surface area contributed by atoms with Gasteiger partial charge in [0.1, 0.15) is 0 Å². The van der Waals surface area contributed by atoms with E-state index in [2.05, 4.69) is 5.32 Å². The summed E-state index contributed by atoms with van der Waals surface area (Å²) in [7, 11) is 0. The molecule has 0 aromatic rings. The summed E-state index contributed by atoms with van der Waals surface area (Å²) in [6, 6.07) is 0.0469. The normalized spacial score (nSPS) is 15.1. The number of unbranched alkanes of at least 4 members (excludes halogenated alkanes) is 2. The van der Waals surface area contributed by atoms with Crippen molar-refractivity contribution in [3.8, 4) is 0 Å². The first-order valence-corrected chi connectivity index (χ1v) is 8.15. The van der Waals surface area contributed by atoms with Gasteiger partial charge < -0.3 is 15.0 Å². The predicted octanol–water partition coefficient (Wildman–Crippen LogP) is 1.87. The van der Waals surface area contributed by atoms with Crippen LogP contribution in [0.5, 0.6) is 0 Å². The lowest BCUT2D eigenvalue weighted by atomic mass is 10.2. The Morgan fingerprint density at radius 3 is 2.63 bits per heavy atom. The van der Waals surface area contributed by atoms with Crippen LogP contribution in [0.3, 0.4) is 0 Å².